The molecular formula is C75H147NO5. The Kier molecular flexibility index (Phi) is 69.9. The third-order valence-electron chi connectivity index (χ3n) is 17.8. The standard InChI is InChI=1S/C75H147NO5/c1-3-5-7-9-11-13-15-17-18-19-35-38-41-44-47-51-55-59-63-67-73(78)72(71-77)76-74(79)68-64-60-56-52-48-45-42-39-36-33-31-29-27-25-23-21-20-22-24-26-28-30-32-34-37-40-43-46-50-54-58-62-66-70-81-75(80)69-65-61-57-53-49-16-14-12-10-8-6-4-2/h12,14,72-73,77-78H,3-11,13,15-71H2,1-2H3,(H,76,79)/b14-12-. The molecule has 0 aliphatic carbocycles. The lowest BCUT2D eigenvalue weighted by molar-refractivity contribution is -0.143. The summed E-state index contributed by atoms with van der Waals surface area (Å²) in [5.41, 5.74) is 0. The molecule has 2 atom stereocenters. The van der Waals surface area contributed by atoms with Gasteiger partial charge in [0, 0.05) is 12.8 Å². The number of hydrogen-bond acceptors (Lipinski definition) is 5. The first kappa shape index (κ1) is 79.6. The second-order valence-corrected chi connectivity index (χ2v) is 26.0. The lowest BCUT2D eigenvalue weighted by Gasteiger charge is -2.22. The van der Waals surface area contributed by atoms with E-state index in [0.717, 1.165) is 44.9 Å². The summed E-state index contributed by atoms with van der Waals surface area (Å²) >= 11 is 0. The molecule has 0 saturated heterocycles. The molecule has 2 unspecified atom stereocenters. The Balaban J connectivity index is 3.32. The van der Waals surface area contributed by atoms with E-state index in [1.165, 1.54) is 353 Å². The molecule has 0 bridgehead atoms. The second kappa shape index (κ2) is 71.1. The molecule has 0 saturated carbocycles. The number of amides is 1. The van der Waals surface area contributed by atoms with Crippen LogP contribution < -0.4 is 5.32 Å². The van der Waals surface area contributed by atoms with Gasteiger partial charge in [0.05, 0.1) is 25.4 Å². The van der Waals surface area contributed by atoms with Gasteiger partial charge in [-0.2, -0.15) is 0 Å². The van der Waals surface area contributed by atoms with Crippen molar-refractivity contribution in [1.82, 2.24) is 5.32 Å². The van der Waals surface area contributed by atoms with Gasteiger partial charge in [0.2, 0.25) is 5.91 Å². The topological polar surface area (TPSA) is 95.9 Å². The van der Waals surface area contributed by atoms with E-state index in [4.69, 9.17) is 4.74 Å². The Morgan fingerprint density at radius 2 is 0.580 bits per heavy atom. The third kappa shape index (κ3) is 67.6. The smallest absolute Gasteiger partial charge is 0.305 e. The van der Waals surface area contributed by atoms with Crippen LogP contribution in [0.5, 0.6) is 0 Å². The molecule has 0 spiro atoms. The second-order valence-electron chi connectivity index (χ2n) is 26.0. The van der Waals surface area contributed by atoms with Crippen molar-refractivity contribution in [3.05, 3.63) is 12.2 Å². The first-order valence-corrected chi connectivity index (χ1v) is 37.4. The van der Waals surface area contributed by atoms with Gasteiger partial charge >= 0.3 is 5.97 Å². The van der Waals surface area contributed by atoms with E-state index in [-0.39, 0.29) is 18.5 Å². The SMILES string of the molecule is CCCCC/C=C\CCCCCCCC(=O)OCCCCCCCCCCCCCCCCCCCCCCCCCCCCCCCCCCCC(=O)NC(CO)C(O)CCCCCCCCCCCCCCCCCCCCC. The fourth-order valence-electron chi connectivity index (χ4n) is 12.1. The largest absolute Gasteiger partial charge is 0.466 e. The Bertz CT molecular complexity index is 1220. The van der Waals surface area contributed by atoms with Crippen molar-refractivity contribution < 1.29 is 24.5 Å². The van der Waals surface area contributed by atoms with Crippen LogP contribution in [0, 0.1) is 0 Å². The highest BCUT2D eigenvalue weighted by Crippen LogP contribution is 2.20. The van der Waals surface area contributed by atoms with Crippen LogP contribution in [0.25, 0.3) is 0 Å². The lowest BCUT2D eigenvalue weighted by atomic mass is 10.0. The van der Waals surface area contributed by atoms with Crippen molar-refractivity contribution in [3.8, 4) is 0 Å². The van der Waals surface area contributed by atoms with E-state index >= 15 is 0 Å². The van der Waals surface area contributed by atoms with Gasteiger partial charge in [0.15, 0.2) is 0 Å². The van der Waals surface area contributed by atoms with Gasteiger partial charge < -0.3 is 20.3 Å². The molecule has 0 fully saturated rings. The van der Waals surface area contributed by atoms with Gasteiger partial charge in [0.1, 0.15) is 0 Å². The minimum atomic E-state index is -0.661. The van der Waals surface area contributed by atoms with Crippen molar-refractivity contribution in [2.45, 2.75) is 443 Å². The molecule has 0 aliphatic rings. The minimum Gasteiger partial charge on any atom is -0.466 e. The van der Waals surface area contributed by atoms with E-state index in [1.54, 1.807) is 0 Å². The Labute approximate surface area is 508 Å². The summed E-state index contributed by atoms with van der Waals surface area (Å²) in [6, 6.07) is -0.538. The molecule has 6 nitrogen and oxygen atoms in total. The summed E-state index contributed by atoms with van der Waals surface area (Å²) in [5.74, 6) is -0.0128. The molecule has 1 amide bonds. The predicted molar refractivity (Wildman–Crippen MR) is 357 cm³/mol. The Hall–Kier alpha value is -1.40. The van der Waals surface area contributed by atoms with E-state index in [9.17, 15) is 19.8 Å². The predicted octanol–water partition coefficient (Wildman–Crippen LogP) is 24.3. The number of carbonyl (C=O) groups excluding carboxylic acids is 2. The molecule has 0 radical (unpaired) electrons. The van der Waals surface area contributed by atoms with Gasteiger partial charge in [0.25, 0.3) is 0 Å². The maximum atomic E-state index is 12.5. The maximum absolute atomic E-state index is 12.5. The van der Waals surface area contributed by atoms with Gasteiger partial charge in [-0.1, -0.05) is 379 Å². The van der Waals surface area contributed by atoms with Crippen molar-refractivity contribution >= 4 is 11.9 Å². The van der Waals surface area contributed by atoms with Gasteiger partial charge in [-0.25, -0.2) is 0 Å². The molecule has 0 heterocycles. The monoisotopic (exact) mass is 1140 g/mol. The van der Waals surface area contributed by atoms with Gasteiger partial charge in [-0.3, -0.25) is 9.59 Å². The number of hydrogen-bond donors (Lipinski definition) is 3. The van der Waals surface area contributed by atoms with E-state index < -0.39 is 12.1 Å². The molecule has 0 aromatic carbocycles. The summed E-state index contributed by atoms with van der Waals surface area (Å²) in [5, 5.41) is 23.4. The number of ether oxygens (including phenoxy) is 1. The van der Waals surface area contributed by atoms with Crippen molar-refractivity contribution in [3.63, 3.8) is 0 Å². The highest BCUT2D eigenvalue weighted by Gasteiger charge is 2.20. The fourth-order valence-corrected chi connectivity index (χ4v) is 12.1. The van der Waals surface area contributed by atoms with Gasteiger partial charge in [-0.05, 0) is 51.4 Å². The Morgan fingerprint density at radius 1 is 0.333 bits per heavy atom. The van der Waals surface area contributed by atoms with Crippen LogP contribution in [0.3, 0.4) is 0 Å². The molecular weight excluding hydrogens is 995 g/mol. The summed E-state index contributed by atoms with van der Waals surface area (Å²) < 4.78 is 5.48. The fraction of sp³-hybridized carbons (Fsp3) is 0.947. The zero-order chi connectivity index (χ0) is 58.5. The van der Waals surface area contributed by atoms with Crippen molar-refractivity contribution in [2.75, 3.05) is 13.2 Å². The van der Waals surface area contributed by atoms with Crippen LogP contribution in [-0.2, 0) is 14.3 Å². The van der Waals surface area contributed by atoms with E-state index in [1.807, 2.05) is 0 Å². The number of rotatable bonds is 71. The number of aliphatic hydroxyl groups excluding tert-OH is 2. The number of esters is 1. The van der Waals surface area contributed by atoms with Crippen LogP contribution in [0.2, 0.25) is 0 Å². The molecule has 81 heavy (non-hydrogen) atoms. The molecule has 0 rings (SSSR count). The number of carbonyl (C=O) groups is 2. The first-order valence-electron chi connectivity index (χ1n) is 37.4. The highest BCUT2D eigenvalue weighted by atomic mass is 16.5. The average Bonchev–Trinajstić information content (AvgIpc) is 3.47. The van der Waals surface area contributed by atoms with Crippen LogP contribution in [-0.4, -0.2) is 47.4 Å². The van der Waals surface area contributed by atoms with Crippen LogP contribution in [0.1, 0.15) is 431 Å². The third-order valence-corrected chi connectivity index (χ3v) is 17.8. The van der Waals surface area contributed by atoms with E-state index in [2.05, 4.69) is 31.3 Å². The number of unbranched alkanes of at least 4 members (excludes halogenated alkanes) is 58. The number of allylic oxidation sites excluding steroid dienone is 2. The van der Waals surface area contributed by atoms with E-state index in [0.29, 0.717) is 25.9 Å². The normalized spacial score (nSPS) is 12.5. The molecule has 0 aromatic rings. The molecule has 0 aliphatic heterocycles. The summed E-state index contributed by atoms with van der Waals surface area (Å²) in [4.78, 5) is 24.6. The Morgan fingerprint density at radius 3 is 0.901 bits per heavy atom. The summed E-state index contributed by atoms with van der Waals surface area (Å²) in [7, 11) is 0. The minimum absolute atomic E-state index is 0.0125. The van der Waals surface area contributed by atoms with Crippen molar-refractivity contribution in [2.24, 2.45) is 0 Å². The quantitative estimate of drug-likeness (QED) is 0.0320. The zero-order valence-corrected chi connectivity index (χ0v) is 55.3. The van der Waals surface area contributed by atoms with Crippen LogP contribution in [0.15, 0.2) is 12.2 Å². The molecule has 3 N–H and O–H groups in total. The zero-order valence-electron chi connectivity index (χ0n) is 55.3. The van der Waals surface area contributed by atoms with Gasteiger partial charge in [-0.15, -0.1) is 0 Å². The molecule has 482 valence electrons. The van der Waals surface area contributed by atoms with Crippen molar-refractivity contribution in [1.29, 1.82) is 0 Å². The number of aliphatic hydroxyl groups is 2. The summed E-state index contributed by atoms with van der Waals surface area (Å²) in [6.07, 6.45) is 88.6. The maximum Gasteiger partial charge on any atom is 0.305 e. The molecule has 6 heteroatoms. The van der Waals surface area contributed by atoms with Crippen LogP contribution in [0.4, 0.5) is 0 Å². The number of nitrogens with one attached hydrogen (secondary N) is 1. The van der Waals surface area contributed by atoms with Crippen LogP contribution >= 0.6 is 0 Å². The first-order chi connectivity index (χ1) is 40.0. The lowest BCUT2D eigenvalue weighted by Crippen LogP contribution is -2.45. The molecule has 0 aromatic heterocycles. The summed E-state index contributed by atoms with van der Waals surface area (Å²) in [6.45, 7) is 4.98. The average molecular weight is 1140 g/mol. The highest BCUT2D eigenvalue weighted by molar-refractivity contribution is 5.76.